The fraction of sp³-hybridized carbons (Fsp3) is 0.143. The van der Waals surface area contributed by atoms with E-state index in [0.29, 0.717) is 18.0 Å². The Labute approximate surface area is 382 Å². The van der Waals surface area contributed by atoms with Gasteiger partial charge in [-0.25, -0.2) is 9.78 Å². The minimum atomic E-state index is -0.0871. The van der Waals surface area contributed by atoms with Gasteiger partial charge in [-0.15, -0.1) is 29.1 Å². The molecule has 0 spiro atoms. The van der Waals surface area contributed by atoms with Gasteiger partial charge in [-0.2, -0.15) is 24.3 Å². The van der Waals surface area contributed by atoms with Gasteiger partial charge in [-0.1, -0.05) is 141 Å². The molecule has 7 heteroatoms. The topological polar surface area (TPSA) is 54.0 Å². The molecule has 7 aromatic carbocycles. The summed E-state index contributed by atoms with van der Waals surface area (Å²) in [5.41, 5.74) is 12.4. The van der Waals surface area contributed by atoms with Crippen LogP contribution in [0.4, 0.5) is 0 Å². The van der Waals surface area contributed by atoms with E-state index in [2.05, 4.69) is 159 Å². The van der Waals surface area contributed by atoms with Crippen LogP contribution in [0.5, 0.6) is 5.75 Å². The van der Waals surface area contributed by atoms with Gasteiger partial charge in [0.25, 0.3) is 0 Å². The fourth-order valence-corrected chi connectivity index (χ4v) is 8.78. The number of ether oxygens (including phenoxy) is 1. The predicted molar refractivity (Wildman–Crippen MR) is 252 cm³/mol. The summed E-state index contributed by atoms with van der Waals surface area (Å²) in [7, 11) is 0. The summed E-state index contributed by atoms with van der Waals surface area (Å²) in [6.07, 6.45) is 3.48. The van der Waals surface area contributed by atoms with E-state index in [4.69, 9.17) is 9.72 Å². The standard InChI is InChI=1S/C56H46N4O2.Pt/c1-56(2,3)42-32-33-57-54(36-42)60-50-27-11-10-23-48(50)49-31-30-44(37-53(49)60)62-38-39-17-14-22-43(35-39)59-52-29-13-12-28-51(52)58(55(59)61)34-16-26-47-45(40-18-6-4-7-19-40)24-15-25-46(47)41-20-8-5-9-21-41;/h4-15,17-25,27-33,36H,16,26,34,38H2,1-3H3;/q-2;+2. The summed E-state index contributed by atoms with van der Waals surface area (Å²) >= 11 is 0. The smallest absolute Gasteiger partial charge is 0.517 e. The van der Waals surface area contributed by atoms with Gasteiger partial charge in [0.05, 0.1) is 17.6 Å². The Kier molecular flexibility index (Phi) is 11.6. The van der Waals surface area contributed by atoms with Crippen molar-refractivity contribution in [3.8, 4) is 39.5 Å². The van der Waals surface area contributed by atoms with Crippen molar-refractivity contribution in [2.45, 2.75) is 52.2 Å². The molecule has 312 valence electrons. The number of aryl methyl sites for hydroxylation is 1. The third-order valence-corrected chi connectivity index (χ3v) is 11.9. The maximum atomic E-state index is 14.5. The number of aromatic nitrogens is 4. The Balaban J connectivity index is 0.00000504. The second kappa shape index (κ2) is 17.6. The van der Waals surface area contributed by atoms with Gasteiger partial charge in [0.2, 0.25) is 0 Å². The average molecular weight is 1000 g/mol. The van der Waals surface area contributed by atoms with Crippen molar-refractivity contribution in [3.63, 3.8) is 0 Å². The first kappa shape index (κ1) is 41.6. The van der Waals surface area contributed by atoms with Crippen LogP contribution in [0.3, 0.4) is 0 Å². The molecule has 10 rings (SSSR count). The Bertz CT molecular complexity index is 3230. The number of nitrogens with zero attached hydrogens (tertiary/aromatic N) is 4. The van der Waals surface area contributed by atoms with Gasteiger partial charge in [-0.05, 0) is 87.4 Å². The summed E-state index contributed by atoms with van der Waals surface area (Å²) in [6, 6.07) is 65.4. The van der Waals surface area contributed by atoms with Crippen molar-refractivity contribution in [3.05, 3.63) is 215 Å². The number of fused-ring (bicyclic) bond motifs is 4. The molecular formula is C56H46N4O2Pt. The van der Waals surface area contributed by atoms with Crippen LogP contribution >= 0.6 is 0 Å². The van der Waals surface area contributed by atoms with Gasteiger partial charge in [0.15, 0.2) is 0 Å². The molecule has 0 bridgehead atoms. The quantitative estimate of drug-likeness (QED) is 0.121. The fourth-order valence-electron chi connectivity index (χ4n) is 8.78. The molecule has 0 aliphatic rings. The Hall–Kier alpha value is -6.75. The molecule has 6 nitrogen and oxygen atoms in total. The molecule has 0 atom stereocenters. The maximum absolute atomic E-state index is 14.5. The average Bonchev–Trinajstić information content (AvgIpc) is 3.79. The molecule has 3 heterocycles. The van der Waals surface area contributed by atoms with Crippen LogP contribution in [0.15, 0.2) is 181 Å². The Morgan fingerprint density at radius 1 is 0.619 bits per heavy atom. The van der Waals surface area contributed by atoms with Gasteiger partial charge in [0, 0.05) is 24.0 Å². The second-order valence-corrected chi connectivity index (χ2v) is 16.9. The number of benzene rings is 7. The normalized spacial score (nSPS) is 11.6. The minimum absolute atomic E-state index is 0. The summed E-state index contributed by atoms with van der Waals surface area (Å²) in [4.78, 5) is 19.3. The first-order valence-electron chi connectivity index (χ1n) is 21.3. The zero-order valence-electron chi connectivity index (χ0n) is 35.5. The van der Waals surface area contributed by atoms with E-state index < -0.39 is 0 Å². The molecule has 0 aliphatic heterocycles. The van der Waals surface area contributed by atoms with Gasteiger partial charge >= 0.3 is 26.8 Å². The van der Waals surface area contributed by atoms with E-state index >= 15 is 0 Å². The van der Waals surface area contributed by atoms with Crippen molar-refractivity contribution >= 4 is 32.8 Å². The summed E-state index contributed by atoms with van der Waals surface area (Å²) < 4.78 is 12.3. The Morgan fingerprint density at radius 2 is 1.27 bits per heavy atom. The molecular weight excluding hydrogens is 956 g/mol. The second-order valence-electron chi connectivity index (χ2n) is 16.9. The van der Waals surface area contributed by atoms with E-state index in [0.717, 1.165) is 57.1 Å². The van der Waals surface area contributed by atoms with E-state index in [1.54, 1.807) is 4.57 Å². The summed E-state index contributed by atoms with van der Waals surface area (Å²) in [5, 5.41) is 2.21. The third kappa shape index (κ3) is 8.08. The summed E-state index contributed by atoms with van der Waals surface area (Å²) in [5.74, 6) is 1.46. The molecule has 3 aromatic heterocycles. The van der Waals surface area contributed by atoms with Crippen LogP contribution in [-0.4, -0.2) is 18.7 Å². The molecule has 10 aromatic rings. The van der Waals surface area contributed by atoms with Gasteiger partial charge in [0.1, 0.15) is 5.82 Å². The van der Waals surface area contributed by atoms with E-state index in [-0.39, 0.29) is 38.8 Å². The van der Waals surface area contributed by atoms with Crippen LogP contribution in [-0.2, 0) is 46.1 Å². The minimum Gasteiger partial charge on any atom is -0.517 e. The number of hydrogen-bond acceptors (Lipinski definition) is 3. The number of para-hydroxylation sites is 3. The molecule has 0 amide bonds. The van der Waals surface area contributed by atoms with Crippen molar-refractivity contribution in [2.24, 2.45) is 0 Å². The zero-order chi connectivity index (χ0) is 42.2. The first-order chi connectivity index (χ1) is 30.3. The largest absolute Gasteiger partial charge is 2.00 e. The van der Waals surface area contributed by atoms with Crippen molar-refractivity contribution in [1.82, 2.24) is 18.7 Å². The Morgan fingerprint density at radius 3 is 1.98 bits per heavy atom. The molecule has 0 radical (unpaired) electrons. The molecule has 0 saturated carbocycles. The van der Waals surface area contributed by atoms with Crippen LogP contribution < -0.4 is 10.4 Å². The molecule has 63 heavy (non-hydrogen) atoms. The van der Waals surface area contributed by atoms with Crippen molar-refractivity contribution in [1.29, 1.82) is 0 Å². The summed E-state index contributed by atoms with van der Waals surface area (Å²) in [6.45, 7) is 7.47. The van der Waals surface area contributed by atoms with Gasteiger partial charge < -0.3 is 9.30 Å². The first-order valence-corrected chi connectivity index (χ1v) is 21.3. The zero-order valence-corrected chi connectivity index (χ0v) is 37.8. The molecule has 0 aliphatic carbocycles. The monoisotopic (exact) mass is 1000 g/mol. The third-order valence-electron chi connectivity index (χ3n) is 11.9. The van der Waals surface area contributed by atoms with E-state index in [9.17, 15) is 4.79 Å². The van der Waals surface area contributed by atoms with Crippen molar-refractivity contribution in [2.75, 3.05) is 0 Å². The van der Waals surface area contributed by atoms with Crippen LogP contribution in [0, 0.1) is 12.1 Å². The predicted octanol–water partition coefficient (Wildman–Crippen LogP) is 12.7. The molecule has 0 saturated heterocycles. The molecule has 0 unspecified atom stereocenters. The number of pyridine rings is 1. The van der Waals surface area contributed by atoms with Crippen LogP contribution in [0.25, 0.3) is 66.6 Å². The number of imidazole rings is 1. The van der Waals surface area contributed by atoms with Crippen molar-refractivity contribution < 1.29 is 25.8 Å². The SMILES string of the molecule is CC(C)(C)c1ccnc(-n2c3[c-]c(OCc4[c-]c(-n5c(=O)n(CCCc6c(-c7ccccc7)cccc6-c6ccccc6)c6ccccc65)ccc4)ccc3c3ccccc32)c1.[Pt+2]. The maximum Gasteiger partial charge on any atom is 2.00 e. The van der Waals surface area contributed by atoms with Crippen LogP contribution in [0.2, 0.25) is 0 Å². The van der Waals surface area contributed by atoms with E-state index in [1.165, 1.54) is 33.4 Å². The van der Waals surface area contributed by atoms with E-state index in [1.807, 2.05) is 59.3 Å². The molecule has 0 fully saturated rings. The molecule has 0 N–H and O–H groups in total. The van der Waals surface area contributed by atoms with Crippen LogP contribution in [0.1, 0.15) is 43.9 Å². The van der Waals surface area contributed by atoms with Gasteiger partial charge in [-0.3, -0.25) is 9.13 Å². The number of hydrogen-bond donors (Lipinski definition) is 0. The number of rotatable bonds is 11.